The molecule has 0 fully saturated rings. The maximum atomic E-state index is 12.6. The minimum Gasteiger partial charge on any atom is -0.507 e. The van der Waals surface area contributed by atoms with Crippen LogP contribution in [0.5, 0.6) is 17.2 Å². The zero-order valence-electron chi connectivity index (χ0n) is 17.1. The van der Waals surface area contributed by atoms with Gasteiger partial charge in [0.2, 0.25) is 0 Å². The molecule has 1 aromatic carbocycles. The second-order valence-corrected chi connectivity index (χ2v) is 7.81. The molecular weight excluding hydrogens is 372 g/mol. The zero-order chi connectivity index (χ0) is 21.2. The molecule has 0 unspecified atom stereocenters. The maximum absolute atomic E-state index is 12.6. The van der Waals surface area contributed by atoms with E-state index >= 15 is 0 Å². The van der Waals surface area contributed by atoms with Crippen LogP contribution in [0.3, 0.4) is 0 Å². The molecule has 8 heteroatoms. The van der Waals surface area contributed by atoms with Crippen molar-refractivity contribution in [3.63, 3.8) is 0 Å². The first-order valence-electron chi connectivity index (χ1n) is 9.23. The fourth-order valence-electron chi connectivity index (χ4n) is 3.98. The van der Waals surface area contributed by atoms with Crippen molar-refractivity contribution in [1.29, 1.82) is 0 Å². The van der Waals surface area contributed by atoms with E-state index in [0.717, 1.165) is 5.71 Å². The number of nitrogens with one attached hydrogen (secondary N) is 1. The number of hydrogen-bond acceptors (Lipinski definition) is 7. The Labute approximate surface area is 167 Å². The number of ether oxygens (including phenoxy) is 1. The third-order valence-electron chi connectivity index (χ3n) is 5.53. The first-order valence-corrected chi connectivity index (χ1v) is 9.23. The molecule has 3 N–H and O–H groups in total. The summed E-state index contributed by atoms with van der Waals surface area (Å²) in [6, 6.07) is 0. The lowest BCUT2D eigenvalue weighted by atomic mass is 9.72. The first-order chi connectivity index (χ1) is 13.6. The smallest absolute Gasteiger partial charge is 0.193 e. The Morgan fingerprint density at radius 3 is 2.52 bits per heavy atom. The lowest BCUT2D eigenvalue weighted by Crippen LogP contribution is -2.30. The van der Waals surface area contributed by atoms with Crippen molar-refractivity contribution in [1.82, 2.24) is 10.2 Å². The number of rotatable bonds is 2. The Hall–Kier alpha value is -3.42. The van der Waals surface area contributed by atoms with Gasteiger partial charge in [0.1, 0.15) is 28.4 Å². The summed E-state index contributed by atoms with van der Waals surface area (Å²) >= 11 is 0. The minimum absolute atomic E-state index is 0.101. The van der Waals surface area contributed by atoms with Crippen LogP contribution in [0, 0.1) is 13.8 Å². The summed E-state index contributed by atoms with van der Waals surface area (Å²) in [6.07, 6.45) is 1.42. The van der Waals surface area contributed by atoms with E-state index in [4.69, 9.17) is 4.74 Å². The van der Waals surface area contributed by atoms with Gasteiger partial charge in [0.25, 0.3) is 0 Å². The molecule has 0 amide bonds. The summed E-state index contributed by atoms with van der Waals surface area (Å²) in [6.45, 7) is 10.6. The van der Waals surface area contributed by atoms with E-state index in [0.29, 0.717) is 45.1 Å². The van der Waals surface area contributed by atoms with Gasteiger partial charge in [-0.3, -0.25) is 9.89 Å². The minimum atomic E-state index is -0.981. The van der Waals surface area contributed by atoms with Crippen molar-refractivity contribution in [2.45, 2.75) is 47.0 Å². The molecule has 1 aliphatic heterocycles. The number of hydrogen-bond donors (Lipinski definition) is 3. The molecule has 2 aromatic rings. The molecule has 2 heterocycles. The molecule has 2 aliphatic rings. The summed E-state index contributed by atoms with van der Waals surface area (Å²) in [5, 5.41) is 37.2. The highest BCUT2D eigenvalue weighted by molar-refractivity contribution is 6.10. The molecule has 0 saturated heterocycles. The molecular formula is C21H22N4O4. The number of carbonyl (C=O) groups is 1. The number of nitrogens with zero attached hydrogens (tertiary/aromatic N) is 3. The number of aromatic amines is 1. The lowest BCUT2D eigenvalue weighted by Gasteiger charge is -2.27. The maximum Gasteiger partial charge on any atom is 0.193 e. The van der Waals surface area contributed by atoms with Gasteiger partial charge in [-0.1, -0.05) is 0 Å². The van der Waals surface area contributed by atoms with Crippen LogP contribution in [0.15, 0.2) is 22.0 Å². The molecule has 0 bridgehead atoms. The number of phenolic OH excluding ortho intramolecular Hbond substituents is 2. The van der Waals surface area contributed by atoms with E-state index in [-0.39, 0.29) is 23.0 Å². The molecule has 29 heavy (non-hydrogen) atoms. The molecule has 1 aromatic heterocycles. The number of phenols is 2. The summed E-state index contributed by atoms with van der Waals surface area (Å²) in [4.78, 5) is 12.6. The van der Waals surface area contributed by atoms with Crippen molar-refractivity contribution in [3.8, 4) is 17.2 Å². The predicted molar refractivity (Wildman–Crippen MR) is 108 cm³/mol. The van der Waals surface area contributed by atoms with E-state index < -0.39 is 5.41 Å². The fraction of sp³-hybridized carbons (Fsp3) is 0.333. The van der Waals surface area contributed by atoms with Gasteiger partial charge in [-0.25, -0.2) is 0 Å². The van der Waals surface area contributed by atoms with Gasteiger partial charge in [-0.15, -0.1) is 0 Å². The lowest BCUT2D eigenvalue weighted by molar-refractivity contribution is 0.103. The highest BCUT2D eigenvalue weighted by atomic mass is 16.5. The van der Waals surface area contributed by atoms with E-state index in [1.54, 1.807) is 20.8 Å². The van der Waals surface area contributed by atoms with Crippen LogP contribution < -0.4 is 4.74 Å². The highest BCUT2D eigenvalue weighted by Crippen LogP contribution is 2.59. The SMILES string of the molecule is CC(C)=N/N=C(\C)c1c(O)c(C)c(O)c2c1OC1=CC(=O)c3c(n[nH]c3C)[C@@]12C. The topological polar surface area (TPSA) is 120 Å². The number of aryl methyl sites for hydroxylation is 1. The molecule has 8 nitrogen and oxygen atoms in total. The Morgan fingerprint density at radius 1 is 1.17 bits per heavy atom. The van der Waals surface area contributed by atoms with Crippen molar-refractivity contribution < 1.29 is 19.7 Å². The number of benzene rings is 1. The van der Waals surface area contributed by atoms with Crippen LogP contribution in [-0.4, -0.2) is 37.6 Å². The van der Waals surface area contributed by atoms with Crippen LogP contribution in [0.25, 0.3) is 0 Å². The predicted octanol–water partition coefficient (Wildman–Crippen LogP) is 3.42. The van der Waals surface area contributed by atoms with Gasteiger partial charge in [0.15, 0.2) is 5.78 Å². The van der Waals surface area contributed by atoms with Gasteiger partial charge in [-0.05, 0) is 41.5 Å². The van der Waals surface area contributed by atoms with Crippen molar-refractivity contribution in [2.24, 2.45) is 10.2 Å². The third kappa shape index (κ3) is 2.38. The zero-order valence-corrected chi connectivity index (χ0v) is 17.1. The normalized spacial score (nSPS) is 19.9. The molecule has 0 saturated carbocycles. The summed E-state index contributed by atoms with van der Waals surface area (Å²) in [5.74, 6) is 0.145. The van der Waals surface area contributed by atoms with E-state index in [9.17, 15) is 15.0 Å². The third-order valence-corrected chi connectivity index (χ3v) is 5.53. The summed E-state index contributed by atoms with van der Waals surface area (Å²) in [7, 11) is 0. The fourth-order valence-corrected chi connectivity index (χ4v) is 3.98. The molecule has 4 rings (SSSR count). The number of aromatic hydroxyl groups is 2. The van der Waals surface area contributed by atoms with Crippen LogP contribution in [-0.2, 0) is 5.41 Å². The monoisotopic (exact) mass is 394 g/mol. The summed E-state index contributed by atoms with van der Waals surface area (Å²) < 4.78 is 6.06. The Morgan fingerprint density at radius 2 is 1.86 bits per heavy atom. The molecule has 150 valence electrons. The Balaban J connectivity index is 2.08. The van der Waals surface area contributed by atoms with Crippen LogP contribution >= 0.6 is 0 Å². The van der Waals surface area contributed by atoms with Crippen molar-refractivity contribution in [3.05, 3.63) is 45.5 Å². The van der Waals surface area contributed by atoms with Gasteiger partial charge < -0.3 is 14.9 Å². The molecule has 0 spiro atoms. The number of fused-ring (bicyclic) bond motifs is 5. The number of carbonyl (C=O) groups excluding carboxylic acids is 1. The number of aromatic nitrogens is 2. The Kier molecular flexibility index (Phi) is 3.94. The highest BCUT2D eigenvalue weighted by Gasteiger charge is 2.53. The second-order valence-electron chi connectivity index (χ2n) is 7.81. The first kappa shape index (κ1) is 18.9. The average Bonchev–Trinajstić information content (AvgIpc) is 3.18. The van der Waals surface area contributed by atoms with Crippen LogP contribution in [0.1, 0.15) is 66.1 Å². The van der Waals surface area contributed by atoms with E-state index in [1.165, 1.54) is 6.08 Å². The van der Waals surface area contributed by atoms with Gasteiger partial charge in [0, 0.05) is 23.0 Å². The number of allylic oxidation sites excluding steroid dienone is 2. The van der Waals surface area contributed by atoms with E-state index in [1.807, 2.05) is 20.8 Å². The quantitative estimate of drug-likeness (QED) is 0.532. The Bertz CT molecular complexity index is 1180. The van der Waals surface area contributed by atoms with Crippen LogP contribution in [0.2, 0.25) is 0 Å². The molecule has 1 aliphatic carbocycles. The van der Waals surface area contributed by atoms with Gasteiger partial charge in [-0.2, -0.15) is 15.3 Å². The summed E-state index contributed by atoms with van der Waals surface area (Å²) in [5.41, 5.74) is 2.87. The molecule has 0 radical (unpaired) electrons. The van der Waals surface area contributed by atoms with Gasteiger partial charge in [0.05, 0.1) is 28.1 Å². The van der Waals surface area contributed by atoms with Crippen LogP contribution in [0.4, 0.5) is 0 Å². The number of ketones is 1. The van der Waals surface area contributed by atoms with Gasteiger partial charge >= 0.3 is 0 Å². The number of H-pyrrole nitrogens is 1. The van der Waals surface area contributed by atoms with Crippen molar-refractivity contribution >= 4 is 17.2 Å². The average molecular weight is 394 g/mol. The molecule has 1 atom stereocenters. The van der Waals surface area contributed by atoms with E-state index in [2.05, 4.69) is 20.4 Å². The van der Waals surface area contributed by atoms with Crippen molar-refractivity contribution in [2.75, 3.05) is 0 Å². The second kappa shape index (κ2) is 6.04. The standard InChI is InChI=1S/C21H22N4O4/c1-8(2)22-23-11(5)15-17(27)9(3)18(28)16-19(15)29-13-7-12(26)14-10(4)24-25-20(14)21(13,16)6/h7,27-28H,1-6H3,(H,24,25)/b23-11+/t21-/m0/s1. The largest absolute Gasteiger partial charge is 0.507 e.